The minimum atomic E-state index is -0.169. The predicted octanol–water partition coefficient (Wildman–Crippen LogP) is 1.83. The molecular weight excluding hydrogens is 244 g/mol. The summed E-state index contributed by atoms with van der Waals surface area (Å²) in [5, 5.41) is 2.55. The van der Waals surface area contributed by atoms with Gasteiger partial charge in [0.2, 0.25) is 0 Å². The standard InChI is InChI=1S/C10H10N2O2S2/c1-12(2)8-4-3-6(14-8)5-7-9(13)11-10(15)16-7/h3-5H,1-2H3,(H,11,13,15)/b7-5-. The third-order valence-corrected chi connectivity index (χ3v) is 3.13. The van der Waals surface area contributed by atoms with Gasteiger partial charge in [-0.25, -0.2) is 0 Å². The van der Waals surface area contributed by atoms with Crippen molar-refractivity contribution in [3.63, 3.8) is 0 Å². The molecule has 1 fully saturated rings. The number of thiocarbonyl (C=S) groups is 1. The number of nitrogens with one attached hydrogen (secondary N) is 1. The fourth-order valence-electron chi connectivity index (χ4n) is 1.21. The Morgan fingerprint density at radius 1 is 1.50 bits per heavy atom. The normalized spacial score (nSPS) is 18.0. The van der Waals surface area contributed by atoms with E-state index in [0.717, 1.165) is 5.88 Å². The number of hydrogen-bond donors (Lipinski definition) is 1. The van der Waals surface area contributed by atoms with E-state index in [1.807, 2.05) is 31.1 Å². The Balaban J connectivity index is 2.22. The molecule has 0 aromatic carbocycles. The summed E-state index contributed by atoms with van der Waals surface area (Å²) in [6, 6.07) is 3.67. The van der Waals surface area contributed by atoms with E-state index < -0.39 is 0 Å². The van der Waals surface area contributed by atoms with Crippen LogP contribution in [0.25, 0.3) is 6.08 Å². The summed E-state index contributed by atoms with van der Waals surface area (Å²) in [6.07, 6.45) is 1.69. The van der Waals surface area contributed by atoms with Crippen molar-refractivity contribution in [2.24, 2.45) is 0 Å². The van der Waals surface area contributed by atoms with Crippen molar-refractivity contribution in [2.45, 2.75) is 0 Å². The molecular formula is C10H10N2O2S2. The fraction of sp³-hybridized carbons (Fsp3) is 0.200. The van der Waals surface area contributed by atoms with Crippen molar-refractivity contribution in [1.82, 2.24) is 5.32 Å². The van der Waals surface area contributed by atoms with Crippen LogP contribution in [0.5, 0.6) is 0 Å². The van der Waals surface area contributed by atoms with Crippen molar-refractivity contribution in [1.29, 1.82) is 0 Å². The Bertz CT molecular complexity index is 477. The van der Waals surface area contributed by atoms with Crippen LogP contribution in [-0.2, 0) is 4.79 Å². The van der Waals surface area contributed by atoms with Crippen LogP contribution in [0.4, 0.5) is 5.88 Å². The van der Waals surface area contributed by atoms with Crippen molar-refractivity contribution in [2.75, 3.05) is 19.0 Å². The number of carbonyl (C=O) groups excluding carboxylic acids is 1. The first-order chi connectivity index (χ1) is 7.56. The van der Waals surface area contributed by atoms with E-state index in [2.05, 4.69) is 5.32 Å². The second-order valence-electron chi connectivity index (χ2n) is 3.42. The molecule has 6 heteroatoms. The molecule has 0 saturated carbocycles. The minimum absolute atomic E-state index is 0.169. The van der Waals surface area contributed by atoms with Crippen LogP contribution in [0, 0.1) is 0 Å². The first-order valence-corrected chi connectivity index (χ1v) is 5.81. The molecule has 0 aliphatic carbocycles. The highest BCUT2D eigenvalue weighted by Gasteiger charge is 2.22. The summed E-state index contributed by atoms with van der Waals surface area (Å²) < 4.78 is 5.99. The zero-order chi connectivity index (χ0) is 11.7. The summed E-state index contributed by atoms with van der Waals surface area (Å²) in [4.78, 5) is 13.8. The van der Waals surface area contributed by atoms with E-state index in [9.17, 15) is 4.79 Å². The highest BCUT2D eigenvalue weighted by molar-refractivity contribution is 8.26. The number of amides is 1. The summed E-state index contributed by atoms with van der Waals surface area (Å²) in [7, 11) is 3.78. The number of hydrogen-bond acceptors (Lipinski definition) is 5. The lowest BCUT2D eigenvalue weighted by Gasteiger charge is -2.05. The molecule has 0 spiro atoms. The topological polar surface area (TPSA) is 45.5 Å². The van der Waals surface area contributed by atoms with Gasteiger partial charge >= 0.3 is 0 Å². The molecule has 0 radical (unpaired) electrons. The number of thioether (sulfide) groups is 1. The molecule has 2 rings (SSSR count). The Morgan fingerprint density at radius 3 is 2.75 bits per heavy atom. The molecule has 0 bridgehead atoms. The molecule has 84 valence electrons. The second-order valence-corrected chi connectivity index (χ2v) is 5.14. The van der Waals surface area contributed by atoms with Gasteiger partial charge in [-0.3, -0.25) is 4.79 Å². The largest absolute Gasteiger partial charge is 0.441 e. The van der Waals surface area contributed by atoms with Crippen molar-refractivity contribution >= 4 is 46.2 Å². The molecule has 0 atom stereocenters. The quantitative estimate of drug-likeness (QED) is 0.644. The number of rotatable bonds is 2. The molecule has 1 aliphatic rings. The number of anilines is 1. The fourth-order valence-corrected chi connectivity index (χ4v) is 2.23. The van der Waals surface area contributed by atoms with Gasteiger partial charge in [-0.05, 0) is 6.07 Å². The molecule has 1 amide bonds. The van der Waals surface area contributed by atoms with E-state index in [0.29, 0.717) is 15.0 Å². The number of furan rings is 1. The Hall–Kier alpha value is -1.27. The molecule has 1 aromatic rings. The second kappa shape index (κ2) is 4.31. The van der Waals surface area contributed by atoms with Crippen LogP contribution in [0.15, 0.2) is 21.5 Å². The van der Waals surface area contributed by atoms with Gasteiger partial charge < -0.3 is 14.6 Å². The van der Waals surface area contributed by atoms with Crippen molar-refractivity contribution in [3.05, 3.63) is 22.8 Å². The van der Waals surface area contributed by atoms with E-state index in [4.69, 9.17) is 16.6 Å². The summed E-state index contributed by atoms with van der Waals surface area (Å²) in [5.41, 5.74) is 0. The van der Waals surface area contributed by atoms with Crippen molar-refractivity contribution < 1.29 is 9.21 Å². The van der Waals surface area contributed by atoms with E-state index in [-0.39, 0.29) is 5.91 Å². The Kier molecular flexibility index (Phi) is 3.02. The van der Waals surface area contributed by atoms with Crippen molar-refractivity contribution in [3.8, 4) is 0 Å². The van der Waals surface area contributed by atoms with E-state index >= 15 is 0 Å². The van der Waals surface area contributed by atoms with Gasteiger partial charge in [0.1, 0.15) is 10.1 Å². The summed E-state index contributed by atoms with van der Waals surface area (Å²) in [6.45, 7) is 0. The van der Waals surface area contributed by atoms with Gasteiger partial charge in [0.25, 0.3) is 5.91 Å². The summed E-state index contributed by atoms with van der Waals surface area (Å²) >= 11 is 6.13. The first kappa shape index (κ1) is 11.2. The lowest BCUT2D eigenvalue weighted by atomic mass is 10.4. The van der Waals surface area contributed by atoms with Crippen LogP contribution >= 0.6 is 24.0 Å². The van der Waals surface area contributed by atoms with Gasteiger partial charge in [-0.1, -0.05) is 24.0 Å². The minimum Gasteiger partial charge on any atom is -0.441 e. The maximum Gasteiger partial charge on any atom is 0.263 e. The zero-order valence-corrected chi connectivity index (χ0v) is 10.4. The maximum atomic E-state index is 11.4. The average molecular weight is 254 g/mol. The lowest BCUT2D eigenvalue weighted by molar-refractivity contribution is -0.115. The predicted molar refractivity (Wildman–Crippen MR) is 69.3 cm³/mol. The molecule has 2 heterocycles. The zero-order valence-electron chi connectivity index (χ0n) is 8.81. The van der Waals surface area contributed by atoms with Gasteiger partial charge in [-0.15, -0.1) is 0 Å². The third kappa shape index (κ3) is 2.28. The molecule has 1 aromatic heterocycles. The third-order valence-electron chi connectivity index (χ3n) is 1.97. The van der Waals surface area contributed by atoms with Gasteiger partial charge in [-0.2, -0.15) is 0 Å². The van der Waals surface area contributed by atoms with Gasteiger partial charge in [0.05, 0.1) is 4.91 Å². The molecule has 4 nitrogen and oxygen atoms in total. The van der Waals surface area contributed by atoms with Crippen LogP contribution < -0.4 is 10.2 Å². The number of carbonyl (C=O) groups is 1. The van der Waals surface area contributed by atoms with Crippen LogP contribution in [-0.4, -0.2) is 24.3 Å². The molecule has 0 unspecified atom stereocenters. The average Bonchev–Trinajstić information content (AvgIpc) is 2.75. The molecule has 1 N–H and O–H groups in total. The maximum absolute atomic E-state index is 11.4. The van der Waals surface area contributed by atoms with Gasteiger partial charge in [0, 0.05) is 26.2 Å². The van der Waals surface area contributed by atoms with Gasteiger partial charge in [0.15, 0.2) is 5.88 Å². The Morgan fingerprint density at radius 2 is 2.25 bits per heavy atom. The molecule has 16 heavy (non-hydrogen) atoms. The molecule has 1 saturated heterocycles. The highest BCUT2D eigenvalue weighted by Crippen LogP contribution is 2.27. The van der Waals surface area contributed by atoms with E-state index in [1.165, 1.54) is 11.8 Å². The smallest absolute Gasteiger partial charge is 0.263 e. The van der Waals surface area contributed by atoms with Crippen LogP contribution in [0.3, 0.4) is 0 Å². The van der Waals surface area contributed by atoms with Crippen LogP contribution in [0.2, 0.25) is 0 Å². The highest BCUT2D eigenvalue weighted by atomic mass is 32.2. The lowest BCUT2D eigenvalue weighted by Crippen LogP contribution is -2.17. The Labute approximate surface area is 103 Å². The van der Waals surface area contributed by atoms with E-state index in [1.54, 1.807) is 6.08 Å². The SMILES string of the molecule is CN(C)c1ccc(/C=C2\SC(=S)NC2=O)o1. The number of nitrogens with zero attached hydrogens (tertiary/aromatic N) is 1. The first-order valence-electron chi connectivity index (χ1n) is 4.58. The monoisotopic (exact) mass is 254 g/mol. The van der Waals surface area contributed by atoms with Crippen LogP contribution in [0.1, 0.15) is 5.76 Å². The summed E-state index contributed by atoms with van der Waals surface area (Å²) in [5.74, 6) is 1.22. The molecule has 1 aliphatic heterocycles.